The molecule has 0 bridgehead atoms. The van der Waals surface area contributed by atoms with Crippen LogP contribution in [0.15, 0.2) is 33.4 Å². The summed E-state index contributed by atoms with van der Waals surface area (Å²) in [7, 11) is 0. The van der Waals surface area contributed by atoms with Crippen LogP contribution >= 0.6 is 11.3 Å². The summed E-state index contributed by atoms with van der Waals surface area (Å²) in [5.41, 5.74) is 0.998. The van der Waals surface area contributed by atoms with E-state index in [2.05, 4.69) is 5.32 Å². The van der Waals surface area contributed by atoms with Crippen molar-refractivity contribution in [1.29, 1.82) is 0 Å². The summed E-state index contributed by atoms with van der Waals surface area (Å²) in [6, 6.07) is 4.37. The number of aromatic carboxylic acids is 1. The van der Waals surface area contributed by atoms with Crippen molar-refractivity contribution in [2.24, 2.45) is 0 Å². The molecule has 2 aromatic rings. The predicted molar refractivity (Wildman–Crippen MR) is 65.9 cm³/mol. The molecule has 2 rings (SSSR count). The zero-order valence-corrected chi connectivity index (χ0v) is 10.4. The quantitative estimate of drug-likeness (QED) is 0.890. The molecule has 0 aliphatic carbocycles. The number of rotatable bonds is 4. The Bertz CT molecular complexity index is 558. The van der Waals surface area contributed by atoms with Gasteiger partial charge in [-0.1, -0.05) is 0 Å². The molecule has 18 heavy (non-hydrogen) atoms. The SMILES string of the molecule is CC(NC(=O)c1ccc(C(=O)O)o1)c1ccsc1. The molecule has 1 atom stereocenters. The van der Waals surface area contributed by atoms with Crippen molar-refractivity contribution in [3.05, 3.63) is 46.0 Å². The molecule has 94 valence electrons. The monoisotopic (exact) mass is 265 g/mol. The fourth-order valence-corrected chi connectivity index (χ4v) is 2.20. The average Bonchev–Trinajstić information content (AvgIpc) is 3.00. The zero-order valence-electron chi connectivity index (χ0n) is 9.54. The predicted octanol–water partition coefficient (Wildman–Crippen LogP) is 2.53. The molecule has 0 aliphatic heterocycles. The van der Waals surface area contributed by atoms with Crippen LogP contribution < -0.4 is 5.32 Å². The van der Waals surface area contributed by atoms with Gasteiger partial charge < -0.3 is 14.8 Å². The lowest BCUT2D eigenvalue weighted by atomic mass is 10.2. The van der Waals surface area contributed by atoms with E-state index >= 15 is 0 Å². The van der Waals surface area contributed by atoms with Gasteiger partial charge in [0.25, 0.3) is 5.91 Å². The van der Waals surface area contributed by atoms with Crippen molar-refractivity contribution in [2.45, 2.75) is 13.0 Å². The molecule has 2 aromatic heterocycles. The number of hydrogen-bond acceptors (Lipinski definition) is 4. The zero-order chi connectivity index (χ0) is 13.1. The Morgan fingerprint density at radius 1 is 1.33 bits per heavy atom. The molecule has 5 nitrogen and oxygen atoms in total. The first-order valence-electron chi connectivity index (χ1n) is 5.24. The fourth-order valence-electron chi connectivity index (χ4n) is 1.45. The number of carboxylic acids is 1. The molecule has 0 fully saturated rings. The largest absolute Gasteiger partial charge is 0.475 e. The second-order valence-electron chi connectivity index (χ2n) is 3.72. The van der Waals surface area contributed by atoms with Crippen LogP contribution in [0.3, 0.4) is 0 Å². The molecule has 0 radical (unpaired) electrons. The minimum absolute atomic E-state index is 0.00511. The first-order chi connectivity index (χ1) is 8.58. The van der Waals surface area contributed by atoms with Gasteiger partial charge in [-0.25, -0.2) is 4.79 Å². The maximum absolute atomic E-state index is 11.8. The lowest BCUT2D eigenvalue weighted by molar-refractivity contribution is 0.0659. The van der Waals surface area contributed by atoms with Gasteiger partial charge in [-0.05, 0) is 41.4 Å². The van der Waals surface area contributed by atoms with Gasteiger partial charge in [0, 0.05) is 0 Å². The topological polar surface area (TPSA) is 79.5 Å². The molecular weight excluding hydrogens is 254 g/mol. The third-order valence-electron chi connectivity index (χ3n) is 2.43. The van der Waals surface area contributed by atoms with Crippen LogP contribution in [0.5, 0.6) is 0 Å². The summed E-state index contributed by atoms with van der Waals surface area (Å²) in [5.74, 6) is -1.88. The molecule has 0 aliphatic rings. The molecule has 1 amide bonds. The second kappa shape index (κ2) is 5.05. The first-order valence-corrected chi connectivity index (χ1v) is 6.18. The molecule has 2 heterocycles. The van der Waals surface area contributed by atoms with Gasteiger partial charge in [-0.2, -0.15) is 11.3 Å². The van der Waals surface area contributed by atoms with E-state index in [4.69, 9.17) is 9.52 Å². The van der Waals surface area contributed by atoms with Crippen LogP contribution in [0.1, 0.15) is 39.6 Å². The molecular formula is C12H11NO4S. The molecule has 2 N–H and O–H groups in total. The number of hydrogen-bond donors (Lipinski definition) is 2. The van der Waals surface area contributed by atoms with E-state index in [0.717, 1.165) is 5.56 Å². The van der Waals surface area contributed by atoms with E-state index < -0.39 is 11.9 Å². The van der Waals surface area contributed by atoms with E-state index in [-0.39, 0.29) is 17.6 Å². The number of carbonyl (C=O) groups excluding carboxylic acids is 1. The van der Waals surface area contributed by atoms with Crippen molar-refractivity contribution < 1.29 is 19.1 Å². The summed E-state index contributed by atoms with van der Waals surface area (Å²) >= 11 is 1.55. The standard InChI is InChI=1S/C12H11NO4S/c1-7(8-4-5-18-6-8)13-11(14)9-2-3-10(17-9)12(15)16/h2-7H,1H3,(H,13,14)(H,15,16). The van der Waals surface area contributed by atoms with Crippen LogP contribution in [0, 0.1) is 0 Å². The van der Waals surface area contributed by atoms with Crippen molar-refractivity contribution in [2.75, 3.05) is 0 Å². The van der Waals surface area contributed by atoms with Crippen molar-refractivity contribution >= 4 is 23.2 Å². The van der Waals surface area contributed by atoms with Crippen LogP contribution in [-0.2, 0) is 0 Å². The Labute approximate surface area is 107 Å². The van der Waals surface area contributed by atoms with Crippen molar-refractivity contribution in [3.63, 3.8) is 0 Å². The van der Waals surface area contributed by atoms with E-state index in [1.807, 2.05) is 23.8 Å². The summed E-state index contributed by atoms with van der Waals surface area (Å²) in [6.45, 7) is 1.85. The number of nitrogens with one attached hydrogen (secondary N) is 1. The smallest absolute Gasteiger partial charge is 0.371 e. The first kappa shape index (κ1) is 12.4. The maximum Gasteiger partial charge on any atom is 0.371 e. The van der Waals surface area contributed by atoms with Crippen LogP contribution in [0.2, 0.25) is 0 Å². The Kier molecular flexibility index (Phi) is 3.47. The maximum atomic E-state index is 11.8. The molecule has 0 saturated carbocycles. The third-order valence-corrected chi connectivity index (χ3v) is 3.13. The molecule has 0 saturated heterocycles. The Morgan fingerprint density at radius 3 is 2.61 bits per heavy atom. The number of furan rings is 1. The van der Waals surface area contributed by atoms with Gasteiger partial charge in [0.05, 0.1) is 6.04 Å². The fraction of sp³-hybridized carbons (Fsp3) is 0.167. The highest BCUT2D eigenvalue weighted by molar-refractivity contribution is 7.07. The van der Waals surface area contributed by atoms with Crippen LogP contribution in [0.25, 0.3) is 0 Å². The number of carboxylic acid groups (broad SMARTS) is 1. The van der Waals surface area contributed by atoms with E-state index in [0.29, 0.717) is 0 Å². The van der Waals surface area contributed by atoms with Crippen LogP contribution in [0.4, 0.5) is 0 Å². The molecule has 6 heteroatoms. The van der Waals surface area contributed by atoms with Gasteiger partial charge in [0.1, 0.15) is 0 Å². The van der Waals surface area contributed by atoms with Gasteiger partial charge in [0.2, 0.25) is 5.76 Å². The minimum atomic E-state index is -1.19. The highest BCUT2D eigenvalue weighted by Gasteiger charge is 2.17. The molecule has 1 unspecified atom stereocenters. The van der Waals surface area contributed by atoms with Gasteiger partial charge in [0.15, 0.2) is 5.76 Å². The normalized spacial score (nSPS) is 12.1. The third kappa shape index (κ3) is 2.60. The van der Waals surface area contributed by atoms with Crippen molar-refractivity contribution in [3.8, 4) is 0 Å². The van der Waals surface area contributed by atoms with E-state index in [9.17, 15) is 9.59 Å². The molecule has 0 spiro atoms. The number of carbonyl (C=O) groups is 2. The van der Waals surface area contributed by atoms with Crippen LogP contribution in [-0.4, -0.2) is 17.0 Å². The lowest BCUT2D eigenvalue weighted by Crippen LogP contribution is -2.25. The highest BCUT2D eigenvalue weighted by Crippen LogP contribution is 2.16. The van der Waals surface area contributed by atoms with Gasteiger partial charge >= 0.3 is 5.97 Å². The Hall–Kier alpha value is -2.08. The minimum Gasteiger partial charge on any atom is -0.475 e. The number of amides is 1. The summed E-state index contributed by atoms with van der Waals surface area (Å²) in [5, 5.41) is 15.3. The Morgan fingerprint density at radius 2 is 2.06 bits per heavy atom. The van der Waals surface area contributed by atoms with E-state index in [1.165, 1.54) is 12.1 Å². The second-order valence-corrected chi connectivity index (χ2v) is 4.50. The highest BCUT2D eigenvalue weighted by atomic mass is 32.1. The Balaban J connectivity index is 2.05. The summed E-state index contributed by atoms with van der Waals surface area (Å²) in [6.07, 6.45) is 0. The van der Waals surface area contributed by atoms with E-state index in [1.54, 1.807) is 11.3 Å². The van der Waals surface area contributed by atoms with Gasteiger partial charge in [-0.15, -0.1) is 0 Å². The molecule has 0 aromatic carbocycles. The van der Waals surface area contributed by atoms with Crippen molar-refractivity contribution in [1.82, 2.24) is 5.32 Å². The lowest BCUT2D eigenvalue weighted by Gasteiger charge is -2.10. The summed E-state index contributed by atoms with van der Waals surface area (Å²) < 4.78 is 4.92. The number of thiophene rings is 1. The van der Waals surface area contributed by atoms with Gasteiger partial charge in [-0.3, -0.25) is 4.79 Å². The average molecular weight is 265 g/mol. The summed E-state index contributed by atoms with van der Waals surface area (Å²) in [4.78, 5) is 22.4.